The molecule has 0 aliphatic carbocycles. The smallest absolute Gasteiger partial charge is 0.242 e. The van der Waals surface area contributed by atoms with E-state index in [4.69, 9.17) is 5.73 Å². The van der Waals surface area contributed by atoms with Gasteiger partial charge in [0, 0.05) is 37.8 Å². The maximum atomic E-state index is 12.7. The van der Waals surface area contributed by atoms with Crippen molar-refractivity contribution < 1.29 is 4.79 Å². The van der Waals surface area contributed by atoms with E-state index >= 15 is 0 Å². The van der Waals surface area contributed by atoms with Crippen molar-refractivity contribution in [3.05, 3.63) is 95.6 Å². The van der Waals surface area contributed by atoms with Crippen LogP contribution in [0.25, 0.3) is 0 Å². The number of aromatic nitrogens is 2. The van der Waals surface area contributed by atoms with Crippen molar-refractivity contribution in [1.29, 1.82) is 0 Å². The van der Waals surface area contributed by atoms with Crippen molar-refractivity contribution in [2.75, 3.05) is 0 Å². The Bertz CT molecular complexity index is 867. The molecule has 0 spiro atoms. The molecule has 0 aliphatic rings. The summed E-state index contributed by atoms with van der Waals surface area (Å²) in [6, 6.07) is 15.5. The third-order valence-electron chi connectivity index (χ3n) is 4.56. The molecule has 0 aliphatic heterocycles. The molecule has 5 heteroatoms. The zero-order chi connectivity index (χ0) is 18.4. The molecular weight excluding hydrogens is 324 g/mol. The number of pyridine rings is 2. The van der Waals surface area contributed by atoms with E-state index in [1.54, 1.807) is 24.8 Å². The number of primary amides is 1. The summed E-state index contributed by atoms with van der Waals surface area (Å²) in [6.45, 7) is 2.49. The highest BCUT2D eigenvalue weighted by molar-refractivity contribution is 5.87. The number of hydrogen-bond donors (Lipinski definition) is 2. The van der Waals surface area contributed by atoms with Crippen LogP contribution in [0.2, 0.25) is 0 Å². The molecule has 0 saturated carbocycles. The molecular formula is C21H22N4O. The lowest BCUT2D eigenvalue weighted by molar-refractivity contribution is -0.125. The summed E-state index contributed by atoms with van der Waals surface area (Å²) in [7, 11) is 0. The molecule has 0 radical (unpaired) electrons. The standard InChI is InChI=1S/C21H22N4O/c1-16-5-2-3-7-19(16)21(20(22)26,13-18-6-4-10-24-14-18)25-15-17-8-11-23-12-9-17/h2-12,14,25H,13,15H2,1H3,(H2,22,26). The molecule has 132 valence electrons. The molecule has 5 nitrogen and oxygen atoms in total. The largest absolute Gasteiger partial charge is 0.368 e. The van der Waals surface area contributed by atoms with Gasteiger partial charge in [-0.3, -0.25) is 20.1 Å². The van der Waals surface area contributed by atoms with Gasteiger partial charge in [-0.1, -0.05) is 30.3 Å². The van der Waals surface area contributed by atoms with E-state index in [1.165, 1.54) is 0 Å². The fourth-order valence-corrected chi connectivity index (χ4v) is 3.17. The van der Waals surface area contributed by atoms with Crippen LogP contribution in [0, 0.1) is 6.92 Å². The van der Waals surface area contributed by atoms with Crippen molar-refractivity contribution in [1.82, 2.24) is 15.3 Å². The number of rotatable bonds is 7. The highest BCUT2D eigenvalue weighted by Crippen LogP contribution is 2.29. The number of benzene rings is 1. The fraction of sp³-hybridized carbons (Fsp3) is 0.190. The molecule has 0 bridgehead atoms. The first-order chi connectivity index (χ1) is 12.6. The highest BCUT2D eigenvalue weighted by atomic mass is 16.1. The van der Waals surface area contributed by atoms with E-state index in [0.29, 0.717) is 13.0 Å². The lowest BCUT2D eigenvalue weighted by Crippen LogP contribution is -2.54. The summed E-state index contributed by atoms with van der Waals surface area (Å²) in [5.74, 6) is -0.412. The van der Waals surface area contributed by atoms with Gasteiger partial charge in [-0.05, 0) is 47.4 Å². The molecule has 1 amide bonds. The lowest BCUT2D eigenvalue weighted by Gasteiger charge is -2.34. The van der Waals surface area contributed by atoms with E-state index < -0.39 is 11.4 Å². The monoisotopic (exact) mass is 346 g/mol. The van der Waals surface area contributed by atoms with Crippen LogP contribution in [0.15, 0.2) is 73.3 Å². The van der Waals surface area contributed by atoms with Gasteiger partial charge in [0.1, 0.15) is 5.54 Å². The fourth-order valence-electron chi connectivity index (χ4n) is 3.17. The van der Waals surface area contributed by atoms with Crippen LogP contribution in [0.5, 0.6) is 0 Å². The van der Waals surface area contributed by atoms with Gasteiger partial charge in [0.2, 0.25) is 5.91 Å². The first-order valence-electron chi connectivity index (χ1n) is 8.51. The van der Waals surface area contributed by atoms with Crippen molar-refractivity contribution in [2.45, 2.75) is 25.4 Å². The summed E-state index contributed by atoms with van der Waals surface area (Å²) in [5, 5.41) is 3.42. The Morgan fingerprint density at radius 1 is 1.00 bits per heavy atom. The molecule has 1 unspecified atom stereocenters. The SMILES string of the molecule is Cc1ccccc1C(Cc1cccnc1)(NCc1ccncc1)C(N)=O. The summed E-state index contributed by atoms with van der Waals surface area (Å²) >= 11 is 0. The van der Waals surface area contributed by atoms with Gasteiger partial charge in [0.05, 0.1) is 0 Å². The minimum absolute atomic E-state index is 0.412. The summed E-state index contributed by atoms with van der Waals surface area (Å²) in [4.78, 5) is 20.9. The molecule has 0 saturated heterocycles. The van der Waals surface area contributed by atoms with Gasteiger partial charge >= 0.3 is 0 Å². The molecule has 26 heavy (non-hydrogen) atoms. The second-order valence-electron chi connectivity index (χ2n) is 6.33. The maximum Gasteiger partial charge on any atom is 0.242 e. The van der Waals surface area contributed by atoms with Crippen molar-refractivity contribution in [3.63, 3.8) is 0 Å². The minimum Gasteiger partial charge on any atom is -0.368 e. The predicted molar refractivity (Wildman–Crippen MR) is 101 cm³/mol. The van der Waals surface area contributed by atoms with Crippen molar-refractivity contribution in [3.8, 4) is 0 Å². The van der Waals surface area contributed by atoms with Gasteiger partial charge in [-0.15, -0.1) is 0 Å². The third-order valence-corrected chi connectivity index (χ3v) is 4.56. The average Bonchev–Trinajstić information content (AvgIpc) is 2.67. The summed E-state index contributed by atoms with van der Waals surface area (Å²) in [5.41, 5.74) is 8.79. The third kappa shape index (κ3) is 3.78. The second-order valence-corrected chi connectivity index (χ2v) is 6.33. The zero-order valence-corrected chi connectivity index (χ0v) is 14.7. The Labute approximate surface area is 153 Å². The number of hydrogen-bond acceptors (Lipinski definition) is 4. The van der Waals surface area contributed by atoms with Crippen LogP contribution in [-0.2, 0) is 23.3 Å². The van der Waals surface area contributed by atoms with Gasteiger partial charge in [0.25, 0.3) is 0 Å². The van der Waals surface area contributed by atoms with E-state index in [2.05, 4.69) is 15.3 Å². The van der Waals surface area contributed by atoms with Gasteiger partial charge in [0.15, 0.2) is 0 Å². The van der Waals surface area contributed by atoms with Crippen LogP contribution in [0.3, 0.4) is 0 Å². The minimum atomic E-state index is -1.03. The van der Waals surface area contributed by atoms with Gasteiger partial charge in [-0.25, -0.2) is 0 Å². The van der Waals surface area contributed by atoms with E-state index in [0.717, 1.165) is 22.3 Å². The molecule has 3 aromatic rings. The van der Waals surface area contributed by atoms with Crippen molar-refractivity contribution >= 4 is 5.91 Å². The summed E-state index contributed by atoms with van der Waals surface area (Å²) in [6.07, 6.45) is 7.37. The van der Waals surface area contributed by atoms with Gasteiger partial charge in [-0.2, -0.15) is 0 Å². The van der Waals surface area contributed by atoms with E-state index in [9.17, 15) is 4.79 Å². The molecule has 3 N–H and O–H groups in total. The first kappa shape index (κ1) is 17.8. The Hall–Kier alpha value is -3.05. The van der Waals surface area contributed by atoms with E-state index in [1.807, 2.05) is 55.5 Å². The molecule has 3 rings (SSSR count). The molecule has 2 heterocycles. The number of nitrogens with one attached hydrogen (secondary N) is 1. The number of amides is 1. The van der Waals surface area contributed by atoms with Crippen LogP contribution < -0.4 is 11.1 Å². The number of carbonyl (C=O) groups is 1. The second kappa shape index (κ2) is 7.89. The van der Waals surface area contributed by atoms with Crippen LogP contribution in [-0.4, -0.2) is 15.9 Å². The predicted octanol–water partition coefficient (Wildman–Crippen LogP) is 2.50. The maximum absolute atomic E-state index is 12.7. The Balaban J connectivity index is 2.03. The number of aryl methyl sites for hydroxylation is 1. The number of carbonyl (C=O) groups excluding carboxylic acids is 1. The van der Waals surface area contributed by atoms with Crippen molar-refractivity contribution in [2.24, 2.45) is 5.73 Å². The molecule has 1 atom stereocenters. The highest BCUT2D eigenvalue weighted by Gasteiger charge is 2.39. The quantitative estimate of drug-likeness (QED) is 0.689. The molecule has 1 aromatic carbocycles. The zero-order valence-electron chi connectivity index (χ0n) is 14.7. The number of nitrogens with two attached hydrogens (primary N) is 1. The van der Waals surface area contributed by atoms with Crippen LogP contribution in [0.1, 0.15) is 22.3 Å². The Morgan fingerprint density at radius 3 is 2.42 bits per heavy atom. The first-order valence-corrected chi connectivity index (χ1v) is 8.51. The summed E-state index contributed by atoms with van der Waals surface area (Å²) < 4.78 is 0. The lowest BCUT2D eigenvalue weighted by atomic mass is 9.81. The van der Waals surface area contributed by atoms with E-state index in [-0.39, 0.29) is 0 Å². The Kier molecular flexibility index (Phi) is 5.39. The molecule has 2 aromatic heterocycles. The average molecular weight is 346 g/mol. The Morgan fingerprint density at radius 2 is 1.77 bits per heavy atom. The van der Waals surface area contributed by atoms with Crippen LogP contribution >= 0.6 is 0 Å². The van der Waals surface area contributed by atoms with Gasteiger partial charge < -0.3 is 5.73 Å². The van der Waals surface area contributed by atoms with Crippen LogP contribution in [0.4, 0.5) is 0 Å². The topological polar surface area (TPSA) is 80.9 Å². The molecule has 0 fully saturated rings. The normalized spacial score (nSPS) is 13.1. The number of nitrogens with zero attached hydrogens (tertiary/aromatic N) is 2.